The highest BCUT2D eigenvalue weighted by Crippen LogP contribution is 2.29. The van der Waals surface area contributed by atoms with Gasteiger partial charge in [-0.05, 0) is 18.9 Å². The fourth-order valence-corrected chi connectivity index (χ4v) is 1.90. The summed E-state index contributed by atoms with van der Waals surface area (Å²) >= 11 is 4.90. The van der Waals surface area contributed by atoms with Crippen LogP contribution < -0.4 is 11.3 Å². The zero-order chi connectivity index (χ0) is 15.6. The van der Waals surface area contributed by atoms with Gasteiger partial charge in [0.15, 0.2) is 0 Å². The maximum atomic E-state index is 12.8. The van der Waals surface area contributed by atoms with Crippen LogP contribution in [0.25, 0.3) is 0 Å². The lowest BCUT2D eigenvalue weighted by Gasteiger charge is -2.23. The summed E-state index contributed by atoms with van der Waals surface area (Å²) in [7, 11) is 0. The average molecular weight is 306 g/mol. The lowest BCUT2D eigenvalue weighted by atomic mass is 9.88. The Kier molecular flexibility index (Phi) is 4.96. The molecule has 3 nitrogen and oxygen atoms in total. The van der Waals surface area contributed by atoms with Gasteiger partial charge in [0.05, 0.1) is 4.99 Å². The molecule has 0 atom stereocenters. The van der Waals surface area contributed by atoms with Crippen LogP contribution in [0.5, 0.6) is 0 Å². The predicted octanol–water partition coefficient (Wildman–Crippen LogP) is 2.96. The fraction of sp³-hybridized carbons (Fsp3) is 0.538. The van der Waals surface area contributed by atoms with Gasteiger partial charge in [-0.3, -0.25) is 4.79 Å². The second kappa shape index (κ2) is 5.95. The Hall–Kier alpha value is -1.37. The molecule has 0 unspecified atom stereocenters. The number of hydrogen-bond donors (Lipinski definition) is 1. The van der Waals surface area contributed by atoms with Crippen LogP contribution in [-0.4, -0.2) is 9.56 Å². The van der Waals surface area contributed by atoms with Gasteiger partial charge in [0.25, 0.3) is 5.56 Å². The van der Waals surface area contributed by atoms with E-state index in [2.05, 4.69) is 0 Å². The SMILES string of the molecule is CC(C)(CCCn1c(C(F)(F)F)cccc1=O)C(N)=S. The molecular weight excluding hydrogens is 289 g/mol. The van der Waals surface area contributed by atoms with Crippen LogP contribution in [0.3, 0.4) is 0 Å². The molecule has 0 aromatic carbocycles. The monoisotopic (exact) mass is 306 g/mol. The number of pyridine rings is 1. The van der Waals surface area contributed by atoms with Gasteiger partial charge in [-0.1, -0.05) is 32.1 Å². The molecule has 1 rings (SSSR count). The van der Waals surface area contributed by atoms with Crippen LogP contribution in [0.15, 0.2) is 23.0 Å². The Morgan fingerprint density at radius 1 is 1.35 bits per heavy atom. The fourth-order valence-electron chi connectivity index (χ4n) is 1.80. The summed E-state index contributed by atoms with van der Waals surface area (Å²) in [5.74, 6) is 0. The van der Waals surface area contributed by atoms with E-state index < -0.39 is 22.8 Å². The highest BCUT2D eigenvalue weighted by Gasteiger charge is 2.34. The van der Waals surface area contributed by atoms with Crippen molar-refractivity contribution >= 4 is 17.2 Å². The molecule has 112 valence electrons. The normalized spacial score (nSPS) is 12.4. The second-order valence-electron chi connectivity index (χ2n) is 5.25. The van der Waals surface area contributed by atoms with Gasteiger partial charge >= 0.3 is 6.18 Å². The molecule has 0 radical (unpaired) electrons. The lowest BCUT2D eigenvalue weighted by Crippen LogP contribution is -2.31. The van der Waals surface area contributed by atoms with Crippen LogP contribution in [0.1, 0.15) is 32.4 Å². The molecule has 0 saturated carbocycles. The molecule has 1 aromatic heterocycles. The number of aromatic nitrogens is 1. The van der Waals surface area contributed by atoms with Crippen molar-refractivity contribution in [3.8, 4) is 0 Å². The number of nitrogens with zero attached hydrogens (tertiary/aromatic N) is 1. The predicted molar refractivity (Wildman–Crippen MR) is 75.5 cm³/mol. The minimum Gasteiger partial charge on any atom is -0.393 e. The first-order chi connectivity index (χ1) is 9.05. The third-order valence-corrected chi connectivity index (χ3v) is 3.74. The first-order valence-corrected chi connectivity index (χ1v) is 6.53. The Morgan fingerprint density at radius 2 is 1.95 bits per heavy atom. The highest BCUT2D eigenvalue weighted by atomic mass is 32.1. The van der Waals surface area contributed by atoms with E-state index in [-0.39, 0.29) is 6.54 Å². The minimum absolute atomic E-state index is 0.0133. The van der Waals surface area contributed by atoms with Crippen LogP contribution in [-0.2, 0) is 12.7 Å². The van der Waals surface area contributed by atoms with E-state index in [1.807, 2.05) is 13.8 Å². The van der Waals surface area contributed by atoms with Gasteiger partial charge in [0.1, 0.15) is 5.69 Å². The van der Waals surface area contributed by atoms with Gasteiger partial charge in [0.2, 0.25) is 0 Å². The largest absolute Gasteiger partial charge is 0.431 e. The summed E-state index contributed by atoms with van der Waals surface area (Å²) in [6, 6.07) is 3.13. The Bertz CT molecular complexity index is 549. The summed E-state index contributed by atoms with van der Waals surface area (Å²) < 4.78 is 39.2. The number of halogens is 3. The lowest BCUT2D eigenvalue weighted by molar-refractivity contribution is -0.144. The molecule has 0 spiro atoms. The van der Waals surface area contributed by atoms with Gasteiger partial charge in [-0.25, -0.2) is 0 Å². The molecule has 7 heteroatoms. The maximum Gasteiger partial charge on any atom is 0.431 e. The molecule has 20 heavy (non-hydrogen) atoms. The Labute approximate surface area is 120 Å². The molecule has 0 aliphatic heterocycles. The van der Waals surface area contributed by atoms with Crippen molar-refractivity contribution in [2.24, 2.45) is 11.1 Å². The van der Waals surface area contributed by atoms with Gasteiger partial charge in [-0.2, -0.15) is 13.2 Å². The number of hydrogen-bond acceptors (Lipinski definition) is 2. The van der Waals surface area contributed by atoms with E-state index in [1.54, 1.807) is 0 Å². The van der Waals surface area contributed by atoms with E-state index in [1.165, 1.54) is 0 Å². The third kappa shape index (κ3) is 4.06. The maximum absolute atomic E-state index is 12.8. The van der Waals surface area contributed by atoms with Gasteiger partial charge in [0, 0.05) is 18.0 Å². The molecule has 0 saturated heterocycles. The first kappa shape index (κ1) is 16.7. The quantitative estimate of drug-likeness (QED) is 0.851. The average Bonchev–Trinajstić information content (AvgIpc) is 2.29. The van der Waals surface area contributed by atoms with Gasteiger partial charge in [-0.15, -0.1) is 0 Å². The van der Waals surface area contributed by atoms with Crippen molar-refractivity contribution in [1.29, 1.82) is 0 Å². The molecule has 0 aliphatic carbocycles. The summed E-state index contributed by atoms with van der Waals surface area (Å²) in [4.78, 5) is 11.9. The van der Waals surface area contributed by atoms with Crippen molar-refractivity contribution in [2.45, 2.75) is 39.4 Å². The topological polar surface area (TPSA) is 48.0 Å². The Morgan fingerprint density at radius 3 is 2.45 bits per heavy atom. The molecule has 0 fully saturated rings. The van der Waals surface area contributed by atoms with Crippen molar-refractivity contribution in [3.05, 3.63) is 34.2 Å². The molecule has 2 N–H and O–H groups in total. The van der Waals surface area contributed by atoms with Crippen molar-refractivity contribution in [3.63, 3.8) is 0 Å². The van der Waals surface area contributed by atoms with E-state index in [4.69, 9.17) is 18.0 Å². The summed E-state index contributed by atoms with van der Waals surface area (Å²) in [5.41, 5.74) is 3.53. The standard InChI is InChI=1S/C13H17F3N2OS/c1-12(2,11(17)20)7-4-8-18-9(13(14,15)16)5-3-6-10(18)19/h3,5-6H,4,7-8H2,1-2H3,(H2,17,20). The highest BCUT2D eigenvalue weighted by molar-refractivity contribution is 7.80. The zero-order valence-corrected chi connectivity index (χ0v) is 12.1. The van der Waals surface area contributed by atoms with Crippen LogP contribution in [0, 0.1) is 5.41 Å². The smallest absolute Gasteiger partial charge is 0.393 e. The number of thiocarbonyl (C=S) groups is 1. The van der Waals surface area contributed by atoms with E-state index in [0.29, 0.717) is 17.8 Å². The van der Waals surface area contributed by atoms with Gasteiger partial charge < -0.3 is 10.3 Å². The van der Waals surface area contributed by atoms with E-state index in [0.717, 1.165) is 22.8 Å². The van der Waals surface area contributed by atoms with Crippen molar-refractivity contribution < 1.29 is 13.2 Å². The molecule has 0 bridgehead atoms. The van der Waals surface area contributed by atoms with Crippen LogP contribution in [0.2, 0.25) is 0 Å². The van der Waals surface area contributed by atoms with E-state index in [9.17, 15) is 18.0 Å². The molecular formula is C13H17F3N2OS. The summed E-state index contributed by atoms with van der Waals surface area (Å²) in [6.07, 6.45) is -3.64. The molecule has 0 amide bonds. The number of rotatable bonds is 5. The molecule has 1 heterocycles. The van der Waals surface area contributed by atoms with Crippen molar-refractivity contribution in [1.82, 2.24) is 4.57 Å². The second-order valence-corrected chi connectivity index (χ2v) is 5.69. The zero-order valence-electron chi connectivity index (χ0n) is 11.3. The first-order valence-electron chi connectivity index (χ1n) is 6.12. The summed E-state index contributed by atoms with van der Waals surface area (Å²) in [6.45, 7) is 3.64. The Balaban J connectivity index is 2.89. The van der Waals surface area contributed by atoms with Crippen LogP contribution in [0.4, 0.5) is 13.2 Å². The van der Waals surface area contributed by atoms with Crippen LogP contribution >= 0.6 is 12.2 Å². The third-order valence-electron chi connectivity index (χ3n) is 3.19. The summed E-state index contributed by atoms with van der Waals surface area (Å²) in [5, 5.41) is 0. The minimum atomic E-state index is -4.54. The van der Waals surface area contributed by atoms with E-state index >= 15 is 0 Å². The molecule has 0 aliphatic rings. The van der Waals surface area contributed by atoms with Crippen molar-refractivity contribution in [2.75, 3.05) is 0 Å². The number of alkyl halides is 3. The molecule has 1 aromatic rings. The number of nitrogens with two attached hydrogens (primary N) is 1.